The highest BCUT2D eigenvalue weighted by atomic mass is 19.4. The third kappa shape index (κ3) is 4.55. The molecule has 1 N–H and O–H groups in total. The summed E-state index contributed by atoms with van der Waals surface area (Å²) in [5.74, 6) is -0.842. The molecule has 1 amide bonds. The fourth-order valence-corrected chi connectivity index (χ4v) is 1.98. The van der Waals surface area contributed by atoms with E-state index in [0.29, 0.717) is 24.5 Å². The molecule has 1 heterocycles. The number of rotatable bonds is 4. The van der Waals surface area contributed by atoms with E-state index in [1.807, 2.05) is 0 Å². The Balaban J connectivity index is 2.59. The smallest absolute Gasteiger partial charge is 0.325 e. The number of amides is 1. The number of alkyl halides is 6. The maximum absolute atomic E-state index is 12.9. The molecular weight excluding hydrogens is 368 g/mol. The van der Waals surface area contributed by atoms with Crippen molar-refractivity contribution in [1.29, 1.82) is 0 Å². The van der Waals surface area contributed by atoms with Gasteiger partial charge in [-0.15, -0.1) is 0 Å². The van der Waals surface area contributed by atoms with Crippen molar-refractivity contribution in [1.82, 2.24) is 9.97 Å². The van der Waals surface area contributed by atoms with Crippen molar-refractivity contribution in [2.75, 3.05) is 5.32 Å². The number of hydrogen-bond donors (Lipinski definition) is 1. The van der Waals surface area contributed by atoms with Crippen molar-refractivity contribution >= 4 is 17.9 Å². The molecule has 0 saturated heterocycles. The summed E-state index contributed by atoms with van der Waals surface area (Å²) in [6.07, 6.45) is -9.35. The van der Waals surface area contributed by atoms with E-state index in [0.717, 1.165) is 6.07 Å². The first-order chi connectivity index (χ1) is 12.0. The number of hydrogen-bond acceptors (Lipinski definition) is 4. The van der Waals surface area contributed by atoms with E-state index < -0.39 is 47.2 Å². The number of nitrogens with one attached hydrogen (secondary N) is 1. The average Bonchev–Trinajstić information content (AvgIpc) is 2.53. The quantitative estimate of drug-likeness (QED) is 0.501. The lowest BCUT2D eigenvalue weighted by molar-refractivity contribution is -0.141. The minimum Gasteiger partial charge on any atom is -0.325 e. The van der Waals surface area contributed by atoms with E-state index in [1.165, 1.54) is 0 Å². The van der Waals surface area contributed by atoms with Crippen molar-refractivity contribution in [3.63, 3.8) is 0 Å². The van der Waals surface area contributed by atoms with Crippen molar-refractivity contribution in [3.05, 3.63) is 41.9 Å². The lowest BCUT2D eigenvalue weighted by atomic mass is 10.0. The molecule has 0 spiro atoms. The fraction of sp³-hybridized carbons (Fsp3) is 0.200. The Morgan fingerprint density at radius 1 is 1.04 bits per heavy atom. The van der Waals surface area contributed by atoms with Crippen LogP contribution in [0.2, 0.25) is 0 Å². The second-order valence-electron chi connectivity index (χ2n) is 4.96. The van der Waals surface area contributed by atoms with Gasteiger partial charge in [-0.3, -0.25) is 4.79 Å². The van der Waals surface area contributed by atoms with Crippen LogP contribution in [-0.4, -0.2) is 22.2 Å². The molecule has 0 radical (unpaired) electrons. The van der Waals surface area contributed by atoms with Crippen LogP contribution in [0.15, 0.2) is 30.6 Å². The van der Waals surface area contributed by atoms with Crippen LogP contribution >= 0.6 is 0 Å². The molecule has 0 saturated carbocycles. The van der Waals surface area contributed by atoms with Gasteiger partial charge < -0.3 is 10.1 Å². The van der Waals surface area contributed by atoms with Crippen LogP contribution in [-0.2, 0) is 21.9 Å². The maximum Gasteiger partial charge on any atom is 0.433 e. The molecule has 5 nitrogen and oxygen atoms in total. The van der Waals surface area contributed by atoms with Crippen LogP contribution in [0.5, 0.6) is 0 Å². The van der Waals surface area contributed by atoms with E-state index in [9.17, 15) is 35.9 Å². The van der Waals surface area contributed by atoms with E-state index in [2.05, 4.69) is 15.3 Å². The molecule has 0 aliphatic rings. The van der Waals surface area contributed by atoms with E-state index >= 15 is 0 Å². The topological polar surface area (TPSA) is 72.0 Å². The van der Waals surface area contributed by atoms with Crippen molar-refractivity contribution in [3.8, 4) is 11.3 Å². The SMILES string of the molecule is O=CCC(=O)Nc1ccc(C(F)(F)F)cc1-c1cc(C(F)(F)F)ncn1. The Morgan fingerprint density at radius 3 is 2.31 bits per heavy atom. The first-order valence-electron chi connectivity index (χ1n) is 6.86. The van der Waals surface area contributed by atoms with Crippen LogP contribution in [0.1, 0.15) is 17.7 Å². The standard InChI is InChI=1S/C15H9F6N3O2/c16-14(17,18)8-1-2-10(24-13(26)3-4-25)9(5-8)11-6-12(15(19,20)21)23-7-22-11/h1-2,4-7H,3H2,(H,24,26). The number of nitrogens with zero attached hydrogens (tertiary/aromatic N) is 2. The van der Waals surface area contributed by atoms with E-state index in [4.69, 9.17) is 0 Å². The van der Waals surface area contributed by atoms with Gasteiger partial charge in [0.05, 0.1) is 23.4 Å². The van der Waals surface area contributed by atoms with Crippen LogP contribution in [0.3, 0.4) is 0 Å². The maximum atomic E-state index is 12.9. The number of halogens is 6. The molecule has 2 aromatic rings. The predicted molar refractivity (Wildman–Crippen MR) is 76.8 cm³/mol. The third-order valence-electron chi connectivity index (χ3n) is 3.12. The summed E-state index contributed by atoms with van der Waals surface area (Å²) in [6.45, 7) is 0. The van der Waals surface area contributed by atoms with Crippen molar-refractivity contribution in [2.24, 2.45) is 0 Å². The number of anilines is 1. The third-order valence-corrected chi connectivity index (χ3v) is 3.12. The molecule has 1 aromatic carbocycles. The number of carbonyl (C=O) groups excluding carboxylic acids is 2. The first kappa shape index (κ1) is 19.3. The van der Waals surface area contributed by atoms with Crippen molar-refractivity contribution < 1.29 is 35.9 Å². The molecule has 0 aliphatic heterocycles. The molecule has 0 atom stereocenters. The summed E-state index contributed by atoms with van der Waals surface area (Å²) >= 11 is 0. The lowest BCUT2D eigenvalue weighted by Gasteiger charge is -2.14. The summed E-state index contributed by atoms with van der Waals surface area (Å²) in [6, 6.07) is 2.53. The van der Waals surface area contributed by atoms with Gasteiger partial charge in [0.15, 0.2) is 0 Å². The zero-order valence-corrected chi connectivity index (χ0v) is 12.6. The minimum atomic E-state index is -4.83. The van der Waals surface area contributed by atoms with Crippen LogP contribution < -0.4 is 5.32 Å². The first-order valence-corrected chi connectivity index (χ1v) is 6.86. The van der Waals surface area contributed by atoms with Gasteiger partial charge in [0.2, 0.25) is 5.91 Å². The minimum absolute atomic E-state index is 0.225. The van der Waals surface area contributed by atoms with Crippen molar-refractivity contribution in [2.45, 2.75) is 18.8 Å². The Labute approximate surface area is 142 Å². The number of carbonyl (C=O) groups is 2. The van der Waals surface area contributed by atoms with Gasteiger partial charge in [-0.25, -0.2) is 9.97 Å². The summed E-state index contributed by atoms with van der Waals surface area (Å²) < 4.78 is 77.1. The number of aromatic nitrogens is 2. The average molecular weight is 377 g/mol. The molecule has 138 valence electrons. The zero-order valence-electron chi connectivity index (χ0n) is 12.6. The van der Waals surface area contributed by atoms with Crippen LogP contribution in [0.25, 0.3) is 11.3 Å². The Hall–Kier alpha value is -2.98. The molecular formula is C15H9F6N3O2. The van der Waals surface area contributed by atoms with Gasteiger partial charge in [0.1, 0.15) is 18.3 Å². The number of benzene rings is 1. The largest absolute Gasteiger partial charge is 0.433 e. The van der Waals surface area contributed by atoms with E-state index in [1.54, 1.807) is 0 Å². The molecule has 2 rings (SSSR count). The summed E-state index contributed by atoms with van der Waals surface area (Å²) in [4.78, 5) is 28.5. The molecule has 1 aromatic heterocycles. The van der Waals surface area contributed by atoms with Gasteiger partial charge in [-0.05, 0) is 24.3 Å². The Bertz CT molecular complexity index is 833. The zero-order chi connectivity index (χ0) is 19.5. The molecule has 11 heteroatoms. The van der Waals surface area contributed by atoms with Gasteiger partial charge in [0.25, 0.3) is 0 Å². The van der Waals surface area contributed by atoms with E-state index in [-0.39, 0.29) is 12.0 Å². The van der Waals surface area contributed by atoms with Gasteiger partial charge in [-0.2, -0.15) is 26.3 Å². The fourth-order valence-electron chi connectivity index (χ4n) is 1.98. The van der Waals surface area contributed by atoms with Crippen LogP contribution in [0.4, 0.5) is 32.0 Å². The van der Waals surface area contributed by atoms with Gasteiger partial charge in [-0.1, -0.05) is 0 Å². The molecule has 0 fully saturated rings. The molecule has 0 unspecified atom stereocenters. The summed E-state index contributed by atoms with van der Waals surface area (Å²) in [7, 11) is 0. The Kier molecular flexibility index (Phi) is 5.28. The Morgan fingerprint density at radius 2 is 1.73 bits per heavy atom. The highest BCUT2D eigenvalue weighted by molar-refractivity contribution is 6.00. The summed E-state index contributed by atoms with van der Waals surface area (Å²) in [5, 5.41) is 2.17. The number of aldehydes is 1. The highest BCUT2D eigenvalue weighted by Gasteiger charge is 2.34. The van der Waals surface area contributed by atoms with Gasteiger partial charge in [0, 0.05) is 5.56 Å². The monoisotopic (exact) mass is 377 g/mol. The lowest BCUT2D eigenvalue weighted by Crippen LogP contribution is -2.14. The normalized spacial score (nSPS) is 11.9. The van der Waals surface area contributed by atoms with Gasteiger partial charge >= 0.3 is 12.4 Å². The second kappa shape index (κ2) is 7.10. The predicted octanol–water partition coefficient (Wildman–Crippen LogP) is 3.71. The summed E-state index contributed by atoms with van der Waals surface area (Å²) in [5.41, 5.74) is -3.60. The molecule has 26 heavy (non-hydrogen) atoms. The van der Waals surface area contributed by atoms with Crippen LogP contribution in [0, 0.1) is 0 Å². The molecule has 0 aliphatic carbocycles. The molecule has 0 bridgehead atoms. The second-order valence-corrected chi connectivity index (χ2v) is 4.96. The highest BCUT2D eigenvalue weighted by Crippen LogP contribution is 2.37.